The summed E-state index contributed by atoms with van der Waals surface area (Å²) in [4.78, 5) is 0. The number of thiophene rings is 1. The lowest BCUT2D eigenvalue weighted by Crippen LogP contribution is -1.81. The first-order valence-electron chi connectivity index (χ1n) is 4.28. The Morgan fingerprint density at radius 2 is 1.86 bits per heavy atom. The number of nitrogens with two attached hydrogens (primary N) is 1. The third kappa shape index (κ3) is 1.72. The first kappa shape index (κ1) is 9.09. The number of rotatable bonds is 2. The van der Waals surface area contributed by atoms with Gasteiger partial charge in [0.15, 0.2) is 0 Å². The van der Waals surface area contributed by atoms with Crippen LogP contribution >= 0.6 is 11.3 Å². The SMILES string of the molecule is COc1ccc(-c2csc(N)c2)cc1. The summed E-state index contributed by atoms with van der Waals surface area (Å²) in [6, 6.07) is 9.93. The molecule has 0 saturated carbocycles. The summed E-state index contributed by atoms with van der Waals surface area (Å²) in [5.41, 5.74) is 7.99. The highest BCUT2D eigenvalue weighted by molar-refractivity contribution is 7.14. The van der Waals surface area contributed by atoms with Gasteiger partial charge < -0.3 is 10.5 Å². The van der Waals surface area contributed by atoms with E-state index in [2.05, 4.69) is 5.38 Å². The molecule has 2 aromatic rings. The van der Waals surface area contributed by atoms with Crippen molar-refractivity contribution in [2.45, 2.75) is 0 Å². The topological polar surface area (TPSA) is 35.2 Å². The molecule has 0 fully saturated rings. The van der Waals surface area contributed by atoms with Crippen molar-refractivity contribution in [2.24, 2.45) is 0 Å². The predicted molar refractivity (Wildman–Crippen MR) is 60.7 cm³/mol. The Bertz CT molecular complexity index is 419. The molecule has 0 aliphatic rings. The molecule has 72 valence electrons. The minimum absolute atomic E-state index is 0.843. The summed E-state index contributed by atoms with van der Waals surface area (Å²) < 4.78 is 5.09. The quantitative estimate of drug-likeness (QED) is 0.818. The number of benzene rings is 1. The van der Waals surface area contributed by atoms with E-state index in [1.54, 1.807) is 18.4 Å². The lowest BCUT2D eigenvalue weighted by atomic mass is 10.1. The van der Waals surface area contributed by atoms with Crippen molar-refractivity contribution in [2.75, 3.05) is 12.8 Å². The molecule has 0 bridgehead atoms. The molecular formula is C11H11NOS. The van der Waals surface area contributed by atoms with E-state index in [0.717, 1.165) is 16.3 Å². The summed E-state index contributed by atoms with van der Waals surface area (Å²) in [6.07, 6.45) is 0. The van der Waals surface area contributed by atoms with Gasteiger partial charge in [0.25, 0.3) is 0 Å². The molecule has 1 aromatic heterocycles. The maximum Gasteiger partial charge on any atom is 0.118 e. The summed E-state index contributed by atoms with van der Waals surface area (Å²) in [5.74, 6) is 0.872. The van der Waals surface area contributed by atoms with Crippen LogP contribution in [0.1, 0.15) is 0 Å². The molecule has 0 atom stereocenters. The second-order valence-corrected chi connectivity index (χ2v) is 3.91. The largest absolute Gasteiger partial charge is 0.497 e. The van der Waals surface area contributed by atoms with Crippen molar-refractivity contribution in [3.63, 3.8) is 0 Å². The van der Waals surface area contributed by atoms with Crippen LogP contribution in [0.15, 0.2) is 35.7 Å². The normalized spacial score (nSPS) is 10.1. The van der Waals surface area contributed by atoms with Crippen molar-refractivity contribution in [3.05, 3.63) is 35.7 Å². The van der Waals surface area contributed by atoms with E-state index < -0.39 is 0 Å². The highest BCUT2D eigenvalue weighted by atomic mass is 32.1. The fraction of sp³-hybridized carbons (Fsp3) is 0.0909. The van der Waals surface area contributed by atoms with Crippen LogP contribution in [-0.2, 0) is 0 Å². The van der Waals surface area contributed by atoms with E-state index in [1.807, 2.05) is 30.3 Å². The summed E-state index contributed by atoms with van der Waals surface area (Å²) in [6.45, 7) is 0. The highest BCUT2D eigenvalue weighted by Gasteiger charge is 2.00. The molecule has 0 aliphatic carbocycles. The number of anilines is 1. The molecule has 2 N–H and O–H groups in total. The number of nitrogen functional groups attached to an aromatic ring is 1. The molecule has 0 spiro atoms. The van der Waals surface area contributed by atoms with Gasteiger partial charge in [-0.15, -0.1) is 11.3 Å². The number of hydrogen-bond donors (Lipinski definition) is 1. The van der Waals surface area contributed by atoms with Crippen LogP contribution in [0.4, 0.5) is 5.00 Å². The van der Waals surface area contributed by atoms with E-state index in [0.29, 0.717) is 0 Å². The molecule has 1 aromatic carbocycles. The average molecular weight is 205 g/mol. The Labute approximate surface area is 86.9 Å². The van der Waals surface area contributed by atoms with Crippen molar-refractivity contribution in [3.8, 4) is 16.9 Å². The summed E-state index contributed by atoms with van der Waals surface area (Å²) in [7, 11) is 1.66. The van der Waals surface area contributed by atoms with E-state index >= 15 is 0 Å². The third-order valence-corrected chi connectivity index (χ3v) is 2.80. The monoisotopic (exact) mass is 205 g/mol. The van der Waals surface area contributed by atoms with Gasteiger partial charge >= 0.3 is 0 Å². The molecule has 0 radical (unpaired) electrons. The van der Waals surface area contributed by atoms with E-state index in [9.17, 15) is 0 Å². The van der Waals surface area contributed by atoms with Crippen LogP contribution in [0.2, 0.25) is 0 Å². The minimum atomic E-state index is 0.843. The van der Waals surface area contributed by atoms with Crippen LogP contribution in [0.5, 0.6) is 5.75 Å². The van der Waals surface area contributed by atoms with Gasteiger partial charge in [-0.1, -0.05) is 12.1 Å². The zero-order valence-corrected chi connectivity index (χ0v) is 8.67. The fourth-order valence-electron chi connectivity index (χ4n) is 1.29. The Morgan fingerprint density at radius 3 is 2.36 bits per heavy atom. The van der Waals surface area contributed by atoms with Crippen molar-refractivity contribution in [1.29, 1.82) is 0 Å². The van der Waals surface area contributed by atoms with E-state index in [1.165, 1.54) is 5.56 Å². The lowest BCUT2D eigenvalue weighted by molar-refractivity contribution is 0.415. The zero-order valence-electron chi connectivity index (χ0n) is 7.86. The zero-order chi connectivity index (χ0) is 9.97. The first-order valence-corrected chi connectivity index (χ1v) is 5.16. The number of ether oxygens (including phenoxy) is 1. The smallest absolute Gasteiger partial charge is 0.118 e. The van der Waals surface area contributed by atoms with Crippen LogP contribution in [-0.4, -0.2) is 7.11 Å². The molecule has 2 nitrogen and oxygen atoms in total. The van der Waals surface area contributed by atoms with Crippen molar-refractivity contribution in [1.82, 2.24) is 0 Å². The van der Waals surface area contributed by atoms with Gasteiger partial charge in [-0.25, -0.2) is 0 Å². The van der Waals surface area contributed by atoms with Crippen LogP contribution in [0.25, 0.3) is 11.1 Å². The van der Waals surface area contributed by atoms with Crippen molar-refractivity contribution < 1.29 is 4.74 Å². The number of hydrogen-bond acceptors (Lipinski definition) is 3. The number of methoxy groups -OCH3 is 1. The van der Waals surface area contributed by atoms with E-state index in [4.69, 9.17) is 10.5 Å². The molecule has 0 amide bonds. The minimum Gasteiger partial charge on any atom is -0.497 e. The third-order valence-electron chi connectivity index (χ3n) is 2.04. The molecule has 2 rings (SSSR count). The molecule has 14 heavy (non-hydrogen) atoms. The molecular weight excluding hydrogens is 194 g/mol. The van der Waals surface area contributed by atoms with Crippen LogP contribution < -0.4 is 10.5 Å². The van der Waals surface area contributed by atoms with E-state index in [-0.39, 0.29) is 0 Å². The Morgan fingerprint density at radius 1 is 1.14 bits per heavy atom. The van der Waals surface area contributed by atoms with Gasteiger partial charge in [0.05, 0.1) is 12.1 Å². The maximum atomic E-state index is 5.67. The molecule has 0 unspecified atom stereocenters. The second-order valence-electron chi connectivity index (χ2n) is 2.97. The Balaban J connectivity index is 2.33. The van der Waals surface area contributed by atoms with Gasteiger partial charge in [0, 0.05) is 5.38 Å². The first-order chi connectivity index (χ1) is 6.79. The van der Waals surface area contributed by atoms with Gasteiger partial charge in [-0.05, 0) is 29.3 Å². The maximum absolute atomic E-state index is 5.67. The van der Waals surface area contributed by atoms with Gasteiger partial charge in [0.2, 0.25) is 0 Å². The fourth-order valence-corrected chi connectivity index (χ4v) is 1.95. The van der Waals surface area contributed by atoms with Gasteiger partial charge in [-0.3, -0.25) is 0 Å². The molecule has 1 heterocycles. The lowest BCUT2D eigenvalue weighted by Gasteiger charge is -2.00. The molecule has 3 heteroatoms. The van der Waals surface area contributed by atoms with Crippen LogP contribution in [0.3, 0.4) is 0 Å². The summed E-state index contributed by atoms with van der Waals surface area (Å²) >= 11 is 1.56. The van der Waals surface area contributed by atoms with Crippen LogP contribution in [0, 0.1) is 0 Å². The molecule has 0 saturated heterocycles. The highest BCUT2D eigenvalue weighted by Crippen LogP contribution is 2.28. The van der Waals surface area contributed by atoms with Crippen molar-refractivity contribution >= 4 is 16.3 Å². The Kier molecular flexibility index (Phi) is 2.41. The van der Waals surface area contributed by atoms with Gasteiger partial charge in [0.1, 0.15) is 5.75 Å². The van der Waals surface area contributed by atoms with Gasteiger partial charge in [-0.2, -0.15) is 0 Å². The Hall–Kier alpha value is -1.48. The predicted octanol–water partition coefficient (Wildman–Crippen LogP) is 3.01. The summed E-state index contributed by atoms with van der Waals surface area (Å²) in [5, 5.41) is 2.90. The molecule has 0 aliphatic heterocycles. The average Bonchev–Trinajstić information content (AvgIpc) is 2.65. The standard InChI is InChI=1S/C11H11NOS/c1-13-10-4-2-8(3-5-10)9-6-11(12)14-7-9/h2-7H,12H2,1H3. The second kappa shape index (κ2) is 3.72.